The Morgan fingerprint density at radius 1 is 0.675 bits per heavy atom. The van der Waals surface area contributed by atoms with Gasteiger partial charge < -0.3 is 29.9 Å². The fourth-order valence-electron chi connectivity index (χ4n) is 4.90. The highest BCUT2D eigenvalue weighted by atomic mass is 16.9. The molecule has 8 heteroatoms. The van der Waals surface area contributed by atoms with Crippen LogP contribution in [0.2, 0.25) is 0 Å². The first-order valence-corrected chi connectivity index (χ1v) is 16.5. The van der Waals surface area contributed by atoms with Crippen molar-refractivity contribution >= 4 is 5.97 Å². The molecule has 238 valence electrons. The molecule has 1 rings (SSSR count). The SMILES string of the molecule is C1=CONO1.COCC(O)CNCCCCCCCCCCCCCCCCCCCCCCCCCC(=O)O. The smallest absolute Gasteiger partial charge is 0.303 e. The highest BCUT2D eigenvalue weighted by Crippen LogP contribution is 2.15. The predicted octanol–water partition coefficient (Wildman–Crippen LogP) is 7.95. The zero-order valence-corrected chi connectivity index (χ0v) is 25.9. The minimum atomic E-state index is -0.656. The molecule has 1 aliphatic rings. The van der Waals surface area contributed by atoms with Crippen molar-refractivity contribution in [2.24, 2.45) is 0 Å². The molecule has 40 heavy (non-hydrogen) atoms. The minimum absolute atomic E-state index is 0.338. The van der Waals surface area contributed by atoms with Crippen LogP contribution in [0.4, 0.5) is 0 Å². The number of carbonyl (C=O) groups is 1. The van der Waals surface area contributed by atoms with Crippen molar-refractivity contribution in [1.29, 1.82) is 0 Å². The number of aliphatic hydroxyl groups is 1. The van der Waals surface area contributed by atoms with Crippen molar-refractivity contribution in [3.63, 3.8) is 0 Å². The molecule has 1 unspecified atom stereocenters. The van der Waals surface area contributed by atoms with Crippen LogP contribution in [0.15, 0.2) is 12.5 Å². The molecule has 1 aliphatic heterocycles. The van der Waals surface area contributed by atoms with Gasteiger partial charge in [-0.2, -0.15) is 0 Å². The second kappa shape index (κ2) is 33.9. The number of nitrogens with one attached hydrogen (secondary N) is 2. The Morgan fingerprint density at radius 3 is 1.32 bits per heavy atom. The van der Waals surface area contributed by atoms with E-state index in [0.717, 1.165) is 19.4 Å². The van der Waals surface area contributed by atoms with Crippen molar-refractivity contribution in [3.8, 4) is 0 Å². The number of hydrogen-bond acceptors (Lipinski definition) is 7. The van der Waals surface area contributed by atoms with Gasteiger partial charge in [0.1, 0.15) is 0 Å². The molecule has 0 bridgehead atoms. The third-order valence-corrected chi connectivity index (χ3v) is 7.27. The van der Waals surface area contributed by atoms with Gasteiger partial charge in [-0.15, -0.1) is 0 Å². The summed E-state index contributed by atoms with van der Waals surface area (Å²) >= 11 is 0. The lowest BCUT2D eigenvalue weighted by molar-refractivity contribution is -0.137. The molecule has 0 aromatic rings. The summed E-state index contributed by atoms with van der Waals surface area (Å²) in [5, 5.41) is 21.5. The molecule has 8 nitrogen and oxygen atoms in total. The van der Waals surface area contributed by atoms with E-state index < -0.39 is 5.97 Å². The summed E-state index contributed by atoms with van der Waals surface area (Å²) < 4.78 is 4.92. The summed E-state index contributed by atoms with van der Waals surface area (Å²) in [6.45, 7) is 2.05. The van der Waals surface area contributed by atoms with Crippen molar-refractivity contribution in [2.45, 2.75) is 160 Å². The zero-order chi connectivity index (χ0) is 29.2. The van der Waals surface area contributed by atoms with Crippen LogP contribution < -0.4 is 11.0 Å². The van der Waals surface area contributed by atoms with E-state index in [1.807, 2.05) is 0 Å². The molecule has 0 aromatic heterocycles. The summed E-state index contributed by atoms with van der Waals surface area (Å²) in [5.74, 6) is -0.656. The Balaban J connectivity index is 0.00000271. The highest BCUT2D eigenvalue weighted by molar-refractivity contribution is 5.66. The summed E-state index contributed by atoms with van der Waals surface area (Å²) in [7, 11) is 1.62. The third-order valence-electron chi connectivity index (χ3n) is 7.27. The summed E-state index contributed by atoms with van der Waals surface area (Å²) in [6.07, 6.45) is 33.5. The lowest BCUT2D eigenvalue weighted by atomic mass is 10.0. The number of unbranched alkanes of at least 4 members (excludes halogenated alkanes) is 22. The van der Waals surface area contributed by atoms with Crippen LogP contribution in [-0.4, -0.2) is 49.1 Å². The van der Waals surface area contributed by atoms with Crippen molar-refractivity contribution < 1.29 is 29.4 Å². The van der Waals surface area contributed by atoms with Crippen LogP contribution in [0.3, 0.4) is 0 Å². The molecule has 0 radical (unpaired) electrons. The first kappa shape index (κ1) is 38.6. The Morgan fingerprint density at radius 2 is 1.02 bits per heavy atom. The van der Waals surface area contributed by atoms with Crippen LogP contribution in [0, 0.1) is 0 Å². The second-order valence-corrected chi connectivity index (χ2v) is 11.2. The van der Waals surface area contributed by atoms with Gasteiger partial charge in [-0.1, -0.05) is 135 Å². The molecule has 1 heterocycles. The molecule has 0 aromatic carbocycles. The molecular formula is C32H64N2O6. The van der Waals surface area contributed by atoms with E-state index in [1.54, 1.807) is 7.11 Å². The highest BCUT2D eigenvalue weighted by Gasteiger charge is 2.01. The summed E-state index contributed by atoms with van der Waals surface area (Å²) in [6, 6.07) is 0. The van der Waals surface area contributed by atoms with Crippen molar-refractivity contribution in [2.75, 3.05) is 26.8 Å². The number of aliphatic carboxylic acids is 1. The van der Waals surface area contributed by atoms with Crippen LogP contribution in [0.1, 0.15) is 154 Å². The third kappa shape index (κ3) is 34.7. The van der Waals surface area contributed by atoms with Gasteiger partial charge in [0.25, 0.3) is 0 Å². The maximum atomic E-state index is 10.4. The van der Waals surface area contributed by atoms with Gasteiger partial charge in [0.15, 0.2) is 12.5 Å². The van der Waals surface area contributed by atoms with Gasteiger partial charge in [-0.3, -0.25) is 4.79 Å². The van der Waals surface area contributed by atoms with Gasteiger partial charge in [-0.05, 0) is 19.4 Å². The summed E-state index contributed by atoms with van der Waals surface area (Å²) in [5.41, 5.74) is 2.11. The Kier molecular flexibility index (Phi) is 32.7. The molecular weight excluding hydrogens is 508 g/mol. The maximum Gasteiger partial charge on any atom is 0.303 e. The molecule has 0 amide bonds. The lowest BCUT2D eigenvalue weighted by Crippen LogP contribution is -2.30. The van der Waals surface area contributed by atoms with Gasteiger partial charge in [0.2, 0.25) is 0 Å². The Hall–Kier alpha value is -1.35. The predicted molar refractivity (Wildman–Crippen MR) is 164 cm³/mol. The fraction of sp³-hybridized carbons (Fsp3) is 0.906. The summed E-state index contributed by atoms with van der Waals surface area (Å²) in [4.78, 5) is 19.0. The number of carboxylic acids is 1. The Bertz CT molecular complexity index is 530. The molecule has 0 saturated heterocycles. The number of carboxylic acid groups (broad SMARTS) is 1. The van der Waals surface area contributed by atoms with E-state index in [9.17, 15) is 9.90 Å². The average Bonchev–Trinajstić information content (AvgIpc) is 3.53. The van der Waals surface area contributed by atoms with E-state index in [4.69, 9.17) is 9.84 Å². The lowest BCUT2D eigenvalue weighted by Gasteiger charge is -2.10. The first-order valence-electron chi connectivity index (χ1n) is 16.5. The van der Waals surface area contributed by atoms with Crippen LogP contribution in [-0.2, 0) is 19.2 Å². The maximum absolute atomic E-state index is 10.4. The van der Waals surface area contributed by atoms with E-state index in [1.165, 1.54) is 147 Å². The zero-order valence-electron chi connectivity index (χ0n) is 25.9. The molecule has 0 fully saturated rings. The molecule has 0 saturated carbocycles. The largest absolute Gasteiger partial charge is 0.481 e. The molecule has 0 spiro atoms. The van der Waals surface area contributed by atoms with Gasteiger partial charge >= 0.3 is 5.97 Å². The van der Waals surface area contributed by atoms with Gasteiger partial charge in [-0.25, -0.2) is 0 Å². The number of hydrogen-bond donors (Lipinski definition) is 4. The number of aliphatic hydroxyl groups excluding tert-OH is 1. The topological polar surface area (TPSA) is 109 Å². The van der Waals surface area contributed by atoms with Gasteiger partial charge in [0.05, 0.1) is 12.7 Å². The fourth-order valence-corrected chi connectivity index (χ4v) is 4.90. The second-order valence-electron chi connectivity index (χ2n) is 11.2. The van der Waals surface area contributed by atoms with Crippen LogP contribution in [0.5, 0.6) is 0 Å². The number of rotatable bonds is 30. The average molecular weight is 573 g/mol. The quantitative estimate of drug-likeness (QED) is 0.0642. The van der Waals surface area contributed by atoms with E-state index in [-0.39, 0.29) is 6.10 Å². The van der Waals surface area contributed by atoms with Gasteiger partial charge in [0, 0.05) is 25.7 Å². The number of ether oxygens (including phenoxy) is 1. The standard InChI is InChI=1S/C30H61NO4.C2H3NO2/c1-35-28-29(32)27-31-26-24-22-20-18-16-14-12-10-8-6-4-2-3-5-7-9-11-13-15-17-19-21-23-25-30(33)34;1-2-5-3-4-1/h29,31-32H,2-28H2,1H3,(H,33,34);1-3H. The monoisotopic (exact) mass is 572 g/mol. The van der Waals surface area contributed by atoms with E-state index in [0.29, 0.717) is 19.6 Å². The molecule has 4 N–H and O–H groups in total. The van der Waals surface area contributed by atoms with E-state index in [2.05, 4.69) is 20.6 Å². The van der Waals surface area contributed by atoms with E-state index >= 15 is 0 Å². The van der Waals surface area contributed by atoms with Crippen LogP contribution in [0.25, 0.3) is 0 Å². The van der Waals surface area contributed by atoms with Crippen molar-refractivity contribution in [3.05, 3.63) is 12.5 Å². The first-order chi connectivity index (χ1) is 19.7. The van der Waals surface area contributed by atoms with Crippen molar-refractivity contribution in [1.82, 2.24) is 11.0 Å². The molecule has 1 atom stereocenters. The Labute approximate surface area is 245 Å². The normalized spacial score (nSPS) is 12.9. The van der Waals surface area contributed by atoms with Crippen LogP contribution >= 0.6 is 0 Å². The molecule has 0 aliphatic carbocycles. The minimum Gasteiger partial charge on any atom is -0.481 e. The number of methoxy groups -OCH3 is 1.